The van der Waals surface area contributed by atoms with Gasteiger partial charge < -0.3 is 4.74 Å². The number of hydrogen-bond donors (Lipinski definition) is 0. The smallest absolute Gasteiger partial charge is 0.264 e. The highest BCUT2D eigenvalue weighted by Crippen LogP contribution is 2.30. The Balaban J connectivity index is 3.31. The Labute approximate surface area is 87.2 Å². The average molecular weight is 270 g/mol. The molecule has 2 nitrogen and oxygen atoms in total. The van der Waals surface area contributed by atoms with E-state index in [1.807, 2.05) is 0 Å². The molecule has 0 unspecified atom stereocenters. The van der Waals surface area contributed by atoms with Crippen LogP contribution in [0.5, 0.6) is 5.88 Å². The summed E-state index contributed by atoms with van der Waals surface area (Å²) in [5.74, 6) is -1.08. The summed E-state index contributed by atoms with van der Waals surface area (Å²) < 4.78 is 42.3. The normalized spacial score (nSPS) is 10.7. The van der Waals surface area contributed by atoms with Crippen molar-refractivity contribution in [2.75, 3.05) is 7.11 Å². The third-order valence-electron chi connectivity index (χ3n) is 1.65. The first-order valence-electron chi connectivity index (χ1n) is 3.67. The second-order valence-electron chi connectivity index (χ2n) is 2.46. The van der Waals surface area contributed by atoms with Crippen molar-refractivity contribution < 1.29 is 17.9 Å². The van der Waals surface area contributed by atoms with Gasteiger partial charge in [0.05, 0.1) is 7.11 Å². The number of alkyl halides is 3. The molecule has 0 aliphatic heterocycles. The van der Waals surface area contributed by atoms with Crippen molar-refractivity contribution in [3.63, 3.8) is 0 Å². The van der Waals surface area contributed by atoms with Crippen LogP contribution in [0.1, 0.15) is 17.6 Å². The second kappa shape index (κ2) is 4.63. The molecule has 78 valence electrons. The van der Waals surface area contributed by atoms with Crippen LogP contribution >= 0.6 is 15.9 Å². The first-order chi connectivity index (χ1) is 6.60. The van der Waals surface area contributed by atoms with Crippen LogP contribution < -0.4 is 4.74 Å². The van der Waals surface area contributed by atoms with E-state index >= 15 is 0 Å². The fraction of sp³-hybridized carbons (Fsp3) is 0.375. The summed E-state index contributed by atoms with van der Waals surface area (Å²) >= 11 is 3.02. The largest absolute Gasteiger partial charge is 0.481 e. The first-order valence-corrected chi connectivity index (χ1v) is 4.79. The maximum Gasteiger partial charge on any atom is 0.264 e. The van der Waals surface area contributed by atoms with Gasteiger partial charge >= 0.3 is 0 Å². The molecular formula is C8H7BrF3NO. The van der Waals surface area contributed by atoms with Gasteiger partial charge in [-0.25, -0.2) is 8.78 Å². The molecule has 1 aromatic heterocycles. The van der Waals surface area contributed by atoms with Crippen LogP contribution in [-0.4, -0.2) is 12.1 Å². The standard InChI is InChI=1S/C8H7BrF3NO/c1-14-8-5(3-9)4(7(11)12)2-6(10)13-8/h2,7H,3H2,1H3. The Kier molecular flexibility index (Phi) is 3.74. The van der Waals surface area contributed by atoms with E-state index < -0.39 is 17.9 Å². The fourth-order valence-electron chi connectivity index (χ4n) is 1.03. The zero-order chi connectivity index (χ0) is 10.7. The van der Waals surface area contributed by atoms with Crippen LogP contribution in [0.4, 0.5) is 13.2 Å². The molecule has 0 saturated heterocycles. The summed E-state index contributed by atoms with van der Waals surface area (Å²) in [6.45, 7) is 0. The Bertz CT molecular complexity index is 333. The lowest BCUT2D eigenvalue weighted by Crippen LogP contribution is -2.01. The molecule has 0 aliphatic carbocycles. The number of halogens is 4. The molecule has 0 N–H and O–H groups in total. The number of hydrogen-bond acceptors (Lipinski definition) is 2. The highest BCUT2D eigenvalue weighted by molar-refractivity contribution is 9.08. The van der Waals surface area contributed by atoms with Crippen LogP contribution in [0.3, 0.4) is 0 Å². The van der Waals surface area contributed by atoms with Gasteiger partial charge in [-0.2, -0.15) is 9.37 Å². The van der Waals surface area contributed by atoms with E-state index in [9.17, 15) is 13.2 Å². The predicted molar refractivity (Wildman–Crippen MR) is 48.3 cm³/mol. The highest BCUT2D eigenvalue weighted by atomic mass is 79.9. The van der Waals surface area contributed by atoms with Gasteiger partial charge in [0, 0.05) is 22.5 Å². The van der Waals surface area contributed by atoms with E-state index in [4.69, 9.17) is 4.74 Å². The third-order valence-corrected chi connectivity index (χ3v) is 2.21. The topological polar surface area (TPSA) is 22.1 Å². The number of pyridine rings is 1. The van der Waals surface area contributed by atoms with Gasteiger partial charge in [-0.15, -0.1) is 0 Å². The van der Waals surface area contributed by atoms with Gasteiger partial charge in [0.25, 0.3) is 6.43 Å². The minimum Gasteiger partial charge on any atom is -0.481 e. The molecule has 0 bridgehead atoms. The van der Waals surface area contributed by atoms with Crippen molar-refractivity contribution in [3.8, 4) is 5.88 Å². The van der Waals surface area contributed by atoms with Crippen LogP contribution in [0.2, 0.25) is 0 Å². The van der Waals surface area contributed by atoms with Gasteiger partial charge in [-0.1, -0.05) is 15.9 Å². The lowest BCUT2D eigenvalue weighted by atomic mass is 10.1. The summed E-state index contributed by atoms with van der Waals surface area (Å²) in [6.07, 6.45) is -2.74. The van der Waals surface area contributed by atoms with Crippen LogP contribution in [0, 0.1) is 5.95 Å². The van der Waals surface area contributed by atoms with Crippen molar-refractivity contribution in [1.82, 2.24) is 4.98 Å². The minimum atomic E-state index is -2.74. The summed E-state index contributed by atoms with van der Waals surface area (Å²) in [4.78, 5) is 3.35. The number of rotatable bonds is 3. The van der Waals surface area contributed by atoms with E-state index in [-0.39, 0.29) is 16.8 Å². The molecule has 0 spiro atoms. The number of ether oxygens (including phenoxy) is 1. The Morgan fingerprint density at radius 1 is 1.57 bits per heavy atom. The summed E-state index contributed by atoms with van der Waals surface area (Å²) in [7, 11) is 1.25. The lowest BCUT2D eigenvalue weighted by molar-refractivity contribution is 0.149. The molecule has 0 radical (unpaired) electrons. The van der Waals surface area contributed by atoms with E-state index in [1.165, 1.54) is 7.11 Å². The van der Waals surface area contributed by atoms with Gasteiger partial charge in [-0.3, -0.25) is 0 Å². The molecular weight excluding hydrogens is 263 g/mol. The molecule has 1 rings (SSSR count). The maximum atomic E-state index is 12.8. The lowest BCUT2D eigenvalue weighted by Gasteiger charge is -2.10. The maximum absolute atomic E-state index is 12.8. The molecule has 14 heavy (non-hydrogen) atoms. The van der Waals surface area contributed by atoms with E-state index in [0.717, 1.165) is 0 Å². The molecule has 0 amide bonds. The fourth-order valence-corrected chi connectivity index (χ4v) is 1.60. The van der Waals surface area contributed by atoms with Crippen LogP contribution in [-0.2, 0) is 5.33 Å². The number of methoxy groups -OCH3 is 1. The molecule has 0 atom stereocenters. The SMILES string of the molecule is COc1nc(F)cc(C(F)F)c1CBr. The molecule has 1 aromatic rings. The molecule has 0 aromatic carbocycles. The van der Waals surface area contributed by atoms with Gasteiger partial charge in [0.1, 0.15) is 0 Å². The van der Waals surface area contributed by atoms with Gasteiger partial charge in [0.15, 0.2) is 0 Å². The second-order valence-corrected chi connectivity index (χ2v) is 3.02. The minimum absolute atomic E-state index is 0.114. The van der Waals surface area contributed by atoms with Crippen molar-refractivity contribution in [3.05, 3.63) is 23.1 Å². The first kappa shape index (κ1) is 11.3. The summed E-state index contributed by atoms with van der Waals surface area (Å²) in [5, 5.41) is 0.142. The Morgan fingerprint density at radius 2 is 2.21 bits per heavy atom. The molecule has 6 heteroatoms. The Hall–Kier alpha value is -0.780. The number of aromatic nitrogens is 1. The Morgan fingerprint density at radius 3 is 2.64 bits per heavy atom. The predicted octanol–water partition coefficient (Wildman–Crippen LogP) is 3.06. The molecule has 0 fully saturated rings. The summed E-state index contributed by atoms with van der Waals surface area (Å²) in [6, 6.07) is 0.712. The third kappa shape index (κ3) is 2.17. The van der Waals surface area contributed by atoms with Crippen LogP contribution in [0.15, 0.2) is 6.07 Å². The van der Waals surface area contributed by atoms with Gasteiger partial charge in [-0.05, 0) is 0 Å². The molecule has 0 aliphatic rings. The van der Waals surface area contributed by atoms with Crippen molar-refractivity contribution in [1.29, 1.82) is 0 Å². The van der Waals surface area contributed by atoms with Crippen molar-refractivity contribution in [2.45, 2.75) is 11.8 Å². The van der Waals surface area contributed by atoms with E-state index in [2.05, 4.69) is 20.9 Å². The van der Waals surface area contributed by atoms with Crippen molar-refractivity contribution >= 4 is 15.9 Å². The monoisotopic (exact) mass is 269 g/mol. The zero-order valence-electron chi connectivity index (χ0n) is 7.23. The van der Waals surface area contributed by atoms with Crippen LogP contribution in [0.25, 0.3) is 0 Å². The average Bonchev–Trinajstić information content (AvgIpc) is 2.16. The molecule has 0 saturated carbocycles. The van der Waals surface area contributed by atoms with Gasteiger partial charge in [0.2, 0.25) is 11.8 Å². The quantitative estimate of drug-likeness (QED) is 0.622. The summed E-state index contributed by atoms with van der Waals surface area (Å²) in [5.41, 5.74) is -0.227. The number of nitrogens with zero attached hydrogens (tertiary/aromatic N) is 1. The van der Waals surface area contributed by atoms with E-state index in [0.29, 0.717) is 6.07 Å². The van der Waals surface area contributed by atoms with Crippen molar-refractivity contribution in [2.24, 2.45) is 0 Å². The highest BCUT2D eigenvalue weighted by Gasteiger charge is 2.19. The zero-order valence-corrected chi connectivity index (χ0v) is 8.82. The van der Waals surface area contributed by atoms with E-state index in [1.54, 1.807) is 0 Å². The molecule has 1 heterocycles.